The molecule has 1 aliphatic heterocycles. The number of hydrogen-bond donors (Lipinski definition) is 1. The number of carbonyl (C=O) groups is 1. The molecular weight excluding hydrogens is 314 g/mol. The van der Waals surface area contributed by atoms with Crippen LogP contribution in [-0.4, -0.2) is 27.3 Å². The van der Waals surface area contributed by atoms with Crippen molar-refractivity contribution in [1.29, 1.82) is 0 Å². The van der Waals surface area contributed by atoms with Crippen LogP contribution >= 0.6 is 0 Å². The number of nitrogens with one attached hydrogen (secondary N) is 1. The second kappa shape index (κ2) is 6.82. The number of hydrogen-bond acceptors (Lipinski definition) is 3. The van der Waals surface area contributed by atoms with Crippen molar-refractivity contribution in [2.75, 3.05) is 6.54 Å². The van der Waals surface area contributed by atoms with E-state index in [2.05, 4.69) is 9.97 Å². The van der Waals surface area contributed by atoms with Gasteiger partial charge in [-0.3, -0.25) is 14.6 Å². The SMILES string of the molecule is O=C(c1cc2c([nH]c1=O)CCC2)N1CCCCCC1c1ccncc1. The number of aryl methyl sites for hydroxylation is 2. The first-order valence-electron chi connectivity index (χ1n) is 9.20. The van der Waals surface area contributed by atoms with Crippen LogP contribution in [0.1, 0.15) is 65.3 Å². The van der Waals surface area contributed by atoms with Gasteiger partial charge in [0.15, 0.2) is 0 Å². The van der Waals surface area contributed by atoms with Crippen molar-refractivity contribution < 1.29 is 4.79 Å². The Labute approximate surface area is 147 Å². The molecule has 5 nitrogen and oxygen atoms in total. The lowest BCUT2D eigenvalue weighted by atomic mass is 10.0. The average molecular weight is 337 g/mol. The van der Waals surface area contributed by atoms with Crippen molar-refractivity contribution in [3.63, 3.8) is 0 Å². The number of H-pyrrole nitrogens is 1. The summed E-state index contributed by atoms with van der Waals surface area (Å²) in [6, 6.07) is 5.80. The number of nitrogens with zero attached hydrogens (tertiary/aromatic N) is 2. The molecule has 130 valence electrons. The summed E-state index contributed by atoms with van der Waals surface area (Å²) >= 11 is 0. The molecule has 1 aliphatic carbocycles. The van der Waals surface area contributed by atoms with Gasteiger partial charge >= 0.3 is 0 Å². The van der Waals surface area contributed by atoms with E-state index >= 15 is 0 Å². The third-order valence-corrected chi connectivity index (χ3v) is 5.42. The second-order valence-corrected chi connectivity index (χ2v) is 7.01. The predicted molar refractivity (Wildman–Crippen MR) is 95.6 cm³/mol. The quantitative estimate of drug-likeness (QED) is 0.916. The zero-order chi connectivity index (χ0) is 17.2. The lowest BCUT2D eigenvalue weighted by Gasteiger charge is -2.30. The molecular formula is C20H23N3O2. The van der Waals surface area contributed by atoms with E-state index in [0.29, 0.717) is 12.1 Å². The summed E-state index contributed by atoms with van der Waals surface area (Å²) in [5, 5.41) is 0. The van der Waals surface area contributed by atoms with Crippen LogP contribution in [0.4, 0.5) is 0 Å². The fourth-order valence-corrected chi connectivity index (χ4v) is 4.11. The summed E-state index contributed by atoms with van der Waals surface area (Å²) < 4.78 is 0. The zero-order valence-corrected chi connectivity index (χ0v) is 14.3. The Kier molecular flexibility index (Phi) is 4.38. The molecule has 0 radical (unpaired) electrons. The smallest absolute Gasteiger partial charge is 0.261 e. The first-order chi connectivity index (χ1) is 12.2. The van der Waals surface area contributed by atoms with Gasteiger partial charge in [-0.2, -0.15) is 0 Å². The number of likely N-dealkylation sites (tertiary alicyclic amines) is 1. The summed E-state index contributed by atoms with van der Waals surface area (Å²) in [6.07, 6.45) is 10.6. The van der Waals surface area contributed by atoms with Gasteiger partial charge in [-0.15, -0.1) is 0 Å². The average Bonchev–Trinajstić information content (AvgIpc) is 2.94. The Bertz CT molecular complexity index is 829. The molecule has 1 amide bonds. The van der Waals surface area contributed by atoms with Gasteiger partial charge in [0.05, 0.1) is 6.04 Å². The minimum absolute atomic E-state index is 0.0191. The molecule has 0 aromatic carbocycles. The molecule has 0 saturated carbocycles. The first kappa shape index (κ1) is 16.1. The molecule has 5 heteroatoms. The number of aromatic nitrogens is 2. The van der Waals surface area contributed by atoms with Crippen molar-refractivity contribution in [2.24, 2.45) is 0 Å². The molecule has 1 atom stereocenters. The Hall–Kier alpha value is -2.43. The van der Waals surface area contributed by atoms with Gasteiger partial charge in [0.2, 0.25) is 0 Å². The number of fused-ring (bicyclic) bond motifs is 1. The fraction of sp³-hybridized carbons (Fsp3) is 0.450. The maximum absolute atomic E-state index is 13.2. The lowest BCUT2D eigenvalue weighted by molar-refractivity contribution is 0.0679. The van der Waals surface area contributed by atoms with E-state index in [1.54, 1.807) is 12.4 Å². The standard InChI is InChI=1S/C20H23N3O2/c24-19-16(13-15-5-4-6-17(15)22-19)20(25)23-12-3-1-2-7-18(23)14-8-10-21-11-9-14/h8-11,13,18H,1-7,12H2,(H,22,24). The summed E-state index contributed by atoms with van der Waals surface area (Å²) in [7, 11) is 0. The third-order valence-electron chi connectivity index (χ3n) is 5.42. The van der Waals surface area contributed by atoms with Crippen LogP contribution in [0.3, 0.4) is 0 Å². The Morgan fingerprint density at radius 3 is 2.80 bits per heavy atom. The highest BCUT2D eigenvalue weighted by atomic mass is 16.2. The second-order valence-electron chi connectivity index (χ2n) is 7.01. The molecule has 2 aromatic heterocycles. The van der Waals surface area contributed by atoms with Crippen LogP contribution in [0.15, 0.2) is 35.4 Å². The van der Waals surface area contributed by atoms with E-state index < -0.39 is 0 Å². The van der Waals surface area contributed by atoms with E-state index in [0.717, 1.165) is 61.8 Å². The van der Waals surface area contributed by atoms with Gasteiger partial charge in [0.25, 0.3) is 11.5 Å². The van der Waals surface area contributed by atoms with Crippen LogP contribution < -0.4 is 5.56 Å². The van der Waals surface area contributed by atoms with Crippen LogP contribution in [0.5, 0.6) is 0 Å². The summed E-state index contributed by atoms with van der Waals surface area (Å²) in [5.74, 6) is -0.139. The van der Waals surface area contributed by atoms with E-state index in [1.807, 2.05) is 23.1 Å². The lowest BCUT2D eigenvalue weighted by Crippen LogP contribution is -2.38. The highest BCUT2D eigenvalue weighted by Gasteiger charge is 2.29. The van der Waals surface area contributed by atoms with Crippen molar-refractivity contribution in [3.8, 4) is 0 Å². The molecule has 25 heavy (non-hydrogen) atoms. The van der Waals surface area contributed by atoms with Crippen molar-refractivity contribution in [2.45, 2.75) is 51.0 Å². The van der Waals surface area contributed by atoms with Gasteiger partial charge in [-0.25, -0.2) is 0 Å². The number of amides is 1. The number of aromatic amines is 1. The molecule has 1 fully saturated rings. The maximum Gasteiger partial charge on any atom is 0.261 e. The molecule has 2 aromatic rings. The van der Waals surface area contributed by atoms with Crippen molar-refractivity contribution >= 4 is 5.91 Å². The topological polar surface area (TPSA) is 66.1 Å². The van der Waals surface area contributed by atoms with Crippen LogP contribution in [0.2, 0.25) is 0 Å². The Morgan fingerprint density at radius 2 is 1.96 bits per heavy atom. The molecule has 1 N–H and O–H groups in total. The normalized spacial score (nSPS) is 20.2. The number of rotatable bonds is 2. The van der Waals surface area contributed by atoms with E-state index in [4.69, 9.17) is 0 Å². The Balaban J connectivity index is 1.70. The molecule has 0 bridgehead atoms. The van der Waals surface area contributed by atoms with Crippen LogP contribution in [0.25, 0.3) is 0 Å². The summed E-state index contributed by atoms with van der Waals surface area (Å²) in [4.78, 5) is 34.6. The Morgan fingerprint density at radius 1 is 1.12 bits per heavy atom. The van der Waals surface area contributed by atoms with E-state index in [9.17, 15) is 9.59 Å². The van der Waals surface area contributed by atoms with Gasteiger partial charge in [-0.05, 0) is 61.4 Å². The van der Waals surface area contributed by atoms with Crippen LogP contribution in [-0.2, 0) is 12.8 Å². The maximum atomic E-state index is 13.2. The van der Waals surface area contributed by atoms with Gasteiger partial charge in [0.1, 0.15) is 5.56 Å². The van der Waals surface area contributed by atoms with Gasteiger partial charge in [-0.1, -0.05) is 12.8 Å². The minimum Gasteiger partial charge on any atom is -0.331 e. The third kappa shape index (κ3) is 3.11. The molecule has 1 saturated heterocycles. The van der Waals surface area contributed by atoms with Crippen LogP contribution in [0, 0.1) is 0 Å². The first-order valence-corrected chi connectivity index (χ1v) is 9.20. The molecule has 4 rings (SSSR count). The summed E-state index contributed by atoms with van der Waals surface area (Å²) in [6.45, 7) is 0.697. The van der Waals surface area contributed by atoms with Crippen molar-refractivity contribution in [3.05, 3.63) is 63.3 Å². The highest BCUT2D eigenvalue weighted by molar-refractivity contribution is 5.94. The summed E-state index contributed by atoms with van der Waals surface area (Å²) in [5.41, 5.74) is 3.27. The molecule has 3 heterocycles. The molecule has 1 unspecified atom stereocenters. The minimum atomic E-state index is -0.247. The number of carbonyl (C=O) groups excluding carboxylic acids is 1. The zero-order valence-electron chi connectivity index (χ0n) is 14.3. The predicted octanol–water partition coefficient (Wildman–Crippen LogP) is 3.02. The largest absolute Gasteiger partial charge is 0.331 e. The van der Waals surface area contributed by atoms with Gasteiger partial charge in [0, 0.05) is 24.6 Å². The molecule has 2 aliphatic rings. The van der Waals surface area contributed by atoms with E-state index in [1.165, 1.54) is 0 Å². The molecule has 0 spiro atoms. The highest BCUT2D eigenvalue weighted by Crippen LogP contribution is 2.31. The fourth-order valence-electron chi connectivity index (χ4n) is 4.11. The van der Waals surface area contributed by atoms with Gasteiger partial charge < -0.3 is 9.88 Å². The van der Waals surface area contributed by atoms with E-state index in [-0.39, 0.29) is 17.5 Å². The number of pyridine rings is 2. The van der Waals surface area contributed by atoms with Crippen molar-refractivity contribution in [1.82, 2.24) is 14.9 Å². The monoisotopic (exact) mass is 337 g/mol.